The number of nitrogens with one attached hydrogen (secondary N) is 2. The second kappa shape index (κ2) is 6.15. The van der Waals surface area contributed by atoms with Crippen LogP contribution in [0.3, 0.4) is 0 Å². The van der Waals surface area contributed by atoms with Gasteiger partial charge in [-0.15, -0.1) is 0 Å². The molecule has 0 amide bonds. The highest BCUT2D eigenvalue weighted by Crippen LogP contribution is 1.97. The van der Waals surface area contributed by atoms with Gasteiger partial charge in [0, 0.05) is 31.3 Å². The smallest absolute Gasteiger partial charge is 0.137 e. The van der Waals surface area contributed by atoms with E-state index >= 15 is 0 Å². The molecule has 0 spiro atoms. The molecule has 2 rings (SSSR count). The summed E-state index contributed by atoms with van der Waals surface area (Å²) in [6, 6.07) is 0. The molecular formula is C11H18N6. The highest BCUT2D eigenvalue weighted by atomic mass is 15.3. The molecule has 92 valence electrons. The van der Waals surface area contributed by atoms with Crippen molar-refractivity contribution < 1.29 is 0 Å². The van der Waals surface area contributed by atoms with Crippen LogP contribution in [0.15, 0.2) is 18.7 Å². The lowest BCUT2D eigenvalue weighted by molar-refractivity contribution is 0.635. The monoisotopic (exact) mass is 234 g/mol. The molecule has 0 aliphatic carbocycles. The molecule has 0 saturated carbocycles. The quantitative estimate of drug-likeness (QED) is 0.693. The Balaban J connectivity index is 1.60. The van der Waals surface area contributed by atoms with Gasteiger partial charge in [0.15, 0.2) is 0 Å². The number of nitrogens with zero attached hydrogens (tertiary/aromatic N) is 4. The van der Waals surface area contributed by atoms with E-state index in [4.69, 9.17) is 0 Å². The summed E-state index contributed by atoms with van der Waals surface area (Å²) in [5.41, 5.74) is 1.23. The fourth-order valence-electron chi connectivity index (χ4n) is 1.64. The first-order valence-corrected chi connectivity index (χ1v) is 5.94. The van der Waals surface area contributed by atoms with Crippen LogP contribution in [-0.4, -0.2) is 31.5 Å². The van der Waals surface area contributed by atoms with Crippen molar-refractivity contribution in [1.82, 2.24) is 30.3 Å². The molecule has 6 nitrogen and oxygen atoms in total. The van der Waals surface area contributed by atoms with E-state index in [2.05, 4.69) is 38.7 Å². The summed E-state index contributed by atoms with van der Waals surface area (Å²) in [7, 11) is 0. The normalized spacial score (nSPS) is 10.9. The highest BCUT2D eigenvalue weighted by Gasteiger charge is 1.98. The highest BCUT2D eigenvalue weighted by molar-refractivity contribution is 5.03. The van der Waals surface area contributed by atoms with Crippen molar-refractivity contribution in [2.75, 3.05) is 6.54 Å². The fourth-order valence-corrected chi connectivity index (χ4v) is 1.64. The Labute approximate surface area is 100 Å². The van der Waals surface area contributed by atoms with Gasteiger partial charge in [0.2, 0.25) is 0 Å². The Morgan fingerprint density at radius 3 is 3.12 bits per heavy atom. The SMILES string of the molecule is CCn1cc(CNCCCc2ncn[nH]2)cn1. The van der Waals surface area contributed by atoms with Crippen LogP contribution in [0.25, 0.3) is 0 Å². The summed E-state index contributed by atoms with van der Waals surface area (Å²) in [6.45, 7) is 4.85. The van der Waals surface area contributed by atoms with Gasteiger partial charge in [-0.1, -0.05) is 0 Å². The molecule has 0 aliphatic heterocycles. The molecule has 6 heteroatoms. The lowest BCUT2D eigenvalue weighted by atomic mass is 10.3. The van der Waals surface area contributed by atoms with Crippen LogP contribution in [0, 0.1) is 0 Å². The van der Waals surface area contributed by atoms with Gasteiger partial charge >= 0.3 is 0 Å². The standard InChI is InChI=1S/C11H18N6/c1-2-17-8-10(7-15-17)6-12-5-3-4-11-13-9-14-16-11/h7-9,12H,2-6H2,1H3,(H,13,14,16). The van der Waals surface area contributed by atoms with E-state index in [9.17, 15) is 0 Å². The summed E-state index contributed by atoms with van der Waals surface area (Å²) in [5.74, 6) is 0.950. The van der Waals surface area contributed by atoms with Crippen LogP contribution in [0.4, 0.5) is 0 Å². The fraction of sp³-hybridized carbons (Fsp3) is 0.545. The van der Waals surface area contributed by atoms with Crippen LogP contribution in [0.1, 0.15) is 24.7 Å². The summed E-state index contributed by atoms with van der Waals surface area (Å²) < 4.78 is 1.94. The van der Waals surface area contributed by atoms with E-state index in [1.165, 1.54) is 5.56 Å². The van der Waals surface area contributed by atoms with Crippen LogP contribution in [0.5, 0.6) is 0 Å². The zero-order valence-corrected chi connectivity index (χ0v) is 10.1. The third-order valence-corrected chi connectivity index (χ3v) is 2.57. The molecule has 0 unspecified atom stereocenters. The van der Waals surface area contributed by atoms with E-state index in [-0.39, 0.29) is 0 Å². The number of aromatic amines is 1. The predicted molar refractivity (Wildman–Crippen MR) is 64.3 cm³/mol. The topological polar surface area (TPSA) is 71.4 Å². The van der Waals surface area contributed by atoms with Gasteiger partial charge in [-0.3, -0.25) is 9.78 Å². The van der Waals surface area contributed by atoms with Crippen LogP contribution in [0.2, 0.25) is 0 Å². The molecule has 0 saturated heterocycles. The summed E-state index contributed by atoms with van der Waals surface area (Å²) >= 11 is 0. The summed E-state index contributed by atoms with van der Waals surface area (Å²) in [4.78, 5) is 4.08. The van der Waals surface area contributed by atoms with Crippen LogP contribution < -0.4 is 5.32 Å². The molecule has 2 aromatic heterocycles. The van der Waals surface area contributed by atoms with Crippen LogP contribution >= 0.6 is 0 Å². The van der Waals surface area contributed by atoms with Crippen molar-refractivity contribution in [3.05, 3.63) is 30.1 Å². The second-order valence-corrected chi connectivity index (χ2v) is 3.92. The van der Waals surface area contributed by atoms with Crippen molar-refractivity contribution in [2.45, 2.75) is 32.9 Å². The molecule has 0 fully saturated rings. The summed E-state index contributed by atoms with van der Waals surface area (Å²) in [6.07, 6.45) is 7.51. The number of hydrogen-bond acceptors (Lipinski definition) is 4. The van der Waals surface area contributed by atoms with E-state index in [1.54, 1.807) is 6.33 Å². The van der Waals surface area contributed by atoms with Gasteiger partial charge in [0.05, 0.1) is 6.20 Å². The maximum Gasteiger partial charge on any atom is 0.137 e. The van der Waals surface area contributed by atoms with Gasteiger partial charge in [-0.05, 0) is 19.9 Å². The van der Waals surface area contributed by atoms with Crippen molar-refractivity contribution >= 4 is 0 Å². The number of H-pyrrole nitrogens is 1. The number of aryl methyl sites for hydroxylation is 2. The number of rotatable bonds is 7. The largest absolute Gasteiger partial charge is 0.313 e. The minimum atomic E-state index is 0.871. The zero-order chi connectivity index (χ0) is 11.9. The molecule has 0 radical (unpaired) electrons. The molecule has 0 aromatic carbocycles. The molecule has 2 heterocycles. The van der Waals surface area contributed by atoms with Crippen molar-refractivity contribution in [3.8, 4) is 0 Å². The Morgan fingerprint density at radius 1 is 1.47 bits per heavy atom. The average molecular weight is 234 g/mol. The van der Waals surface area contributed by atoms with Crippen molar-refractivity contribution in [3.63, 3.8) is 0 Å². The second-order valence-electron chi connectivity index (χ2n) is 3.92. The molecule has 0 aliphatic rings. The first-order valence-electron chi connectivity index (χ1n) is 5.94. The first kappa shape index (κ1) is 11.8. The Hall–Kier alpha value is -1.69. The van der Waals surface area contributed by atoms with E-state index < -0.39 is 0 Å². The lowest BCUT2D eigenvalue weighted by Crippen LogP contribution is -2.15. The summed E-state index contributed by atoms with van der Waals surface area (Å²) in [5, 5.41) is 14.3. The maximum atomic E-state index is 4.23. The average Bonchev–Trinajstić information content (AvgIpc) is 2.99. The van der Waals surface area contributed by atoms with Gasteiger partial charge in [-0.25, -0.2) is 4.98 Å². The minimum absolute atomic E-state index is 0.871. The van der Waals surface area contributed by atoms with Gasteiger partial charge < -0.3 is 5.32 Å². The lowest BCUT2D eigenvalue weighted by Gasteiger charge is -2.01. The van der Waals surface area contributed by atoms with Gasteiger partial charge in [0.25, 0.3) is 0 Å². The Morgan fingerprint density at radius 2 is 2.41 bits per heavy atom. The van der Waals surface area contributed by atoms with E-state index in [0.29, 0.717) is 0 Å². The molecule has 2 N–H and O–H groups in total. The Kier molecular flexibility index (Phi) is 4.26. The third-order valence-electron chi connectivity index (χ3n) is 2.57. The van der Waals surface area contributed by atoms with Crippen LogP contribution in [-0.2, 0) is 19.5 Å². The van der Waals surface area contributed by atoms with Crippen molar-refractivity contribution in [1.29, 1.82) is 0 Å². The van der Waals surface area contributed by atoms with E-state index in [0.717, 1.165) is 38.3 Å². The minimum Gasteiger partial charge on any atom is -0.313 e. The predicted octanol–water partition coefficient (Wildman–Crippen LogP) is 0.743. The molecule has 0 atom stereocenters. The molecular weight excluding hydrogens is 216 g/mol. The number of hydrogen-bond donors (Lipinski definition) is 2. The zero-order valence-electron chi connectivity index (χ0n) is 10.1. The molecule has 0 bridgehead atoms. The molecule has 17 heavy (non-hydrogen) atoms. The number of aromatic nitrogens is 5. The Bertz CT molecular complexity index is 419. The maximum absolute atomic E-state index is 4.23. The van der Waals surface area contributed by atoms with Crippen molar-refractivity contribution in [2.24, 2.45) is 0 Å². The third kappa shape index (κ3) is 3.67. The van der Waals surface area contributed by atoms with E-state index in [1.807, 2.05) is 10.9 Å². The van der Waals surface area contributed by atoms with Gasteiger partial charge in [-0.2, -0.15) is 10.2 Å². The molecule has 2 aromatic rings. The van der Waals surface area contributed by atoms with Gasteiger partial charge in [0.1, 0.15) is 12.2 Å². The first-order chi connectivity index (χ1) is 8.38.